The predicted molar refractivity (Wildman–Crippen MR) is 77.5 cm³/mol. The molecule has 0 saturated heterocycles. The van der Waals surface area contributed by atoms with Gasteiger partial charge in [-0.2, -0.15) is 0 Å². The fraction of sp³-hybridized carbons (Fsp3) is 0.0667. The van der Waals surface area contributed by atoms with Crippen LogP contribution in [0.1, 0.15) is 18.1 Å². The molecule has 4 heteroatoms. The molecule has 98 valence electrons. The average molecular weight is 256 g/mol. The summed E-state index contributed by atoms with van der Waals surface area (Å²) >= 11 is 0. The molecule has 0 aliphatic rings. The average Bonchev–Trinajstić information content (AvgIpc) is 2.38. The standard InChI is InChI=1S/C15H14N2O.H2O/c1-12(18)17-15-6-4-13(5-7-15)2-3-14-8-10-16-11-9-14;/h2-11H,1H3,(H,17,18);1H2/b3-2+;. The Kier molecular flexibility index (Phi) is 5.44. The molecule has 4 nitrogen and oxygen atoms in total. The van der Waals surface area contributed by atoms with Gasteiger partial charge < -0.3 is 10.8 Å². The third kappa shape index (κ3) is 4.73. The van der Waals surface area contributed by atoms with Crippen molar-refractivity contribution in [2.24, 2.45) is 0 Å². The van der Waals surface area contributed by atoms with E-state index in [9.17, 15) is 4.79 Å². The van der Waals surface area contributed by atoms with Gasteiger partial charge in [0.15, 0.2) is 0 Å². The third-order valence-electron chi connectivity index (χ3n) is 2.41. The lowest BCUT2D eigenvalue weighted by Gasteiger charge is -2.01. The molecule has 19 heavy (non-hydrogen) atoms. The van der Waals surface area contributed by atoms with Crippen molar-refractivity contribution >= 4 is 23.7 Å². The molecule has 1 aromatic heterocycles. The summed E-state index contributed by atoms with van der Waals surface area (Å²) < 4.78 is 0. The zero-order chi connectivity index (χ0) is 12.8. The zero-order valence-corrected chi connectivity index (χ0v) is 10.6. The highest BCUT2D eigenvalue weighted by atomic mass is 16.1. The lowest BCUT2D eigenvalue weighted by Crippen LogP contribution is -2.05. The molecule has 0 spiro atoms. The SMILES string of the molecule is CC(=O)Nc1ccc(/C=C/c2ccncc2)cc1.O. The minimum atomic E-state index is -0.0601. The van der Waals surface area contributed by atoms with Crippen LogP contribution in [0.4, 0.5) is 5.69 Å². The highest BCUT2D eigenvalue weighted by Gasteiger charge is 1.94. The second-order valence-electron chi connectivity index (χ2n) is 3.92. The molecule has 1 heterocycles. The molecule has 0 atom stereocenters. The van der Waals surface area contributed by atoms with Gasteiger partial charge in [-0.25, -0.2) is 0 Å². The van der Waals surface area contributed by atoms with Crippen molar-refractivity contribution in [3.05, 3.63) is 59.9 Å². The highest BCUT2D eigenvalue weighted by Crippen LogP contribution is 2.12. The van der Waals surface area contributed by atoms with Gasteiger partial charge in [0.1, 0.15) is 0 Å². The maximum Gasteiger partial charge on any atom is 0.221 e. The van der Waals surface area contributed by atoms with Gasteiger partial charge in [-0.3, -0.25) is 9.78 Å². The Bertz CT molecular complexity index is 548. The van der Waals surface area contributed by atoms with E-state index < -0.39 is 0 Å². The first-order valence-electron chi connectivity index (χ1n) is 5.70. The maximum atomic E-state index is 10.9. The Morgan fingerprint density at radius 1 is 1.00 bits per heavy atom. The van der Waals surface area contributed by atoms with Crippen molar-refractivity contribution in [2.45, 2.75) is 6.92 Å². The second kappa shape index (κ2) is 7.08. The van der Waals surface area contributed by atoms with Crippen LogP contribution in [0, 0.1) is 0 Å². The van der Waals surface area contributed by atoms with Crippen molar-refractivity contribution < 1.29 is 10.3 Å². The number of hydrogen-bond donors (Lipinski definition) is 1. The highest BCUT2D eigenvalue weighted by molar-refractivity contribution is 5.88. The second-order valence-corrected chi connectivity index (χ2v) is 3.92. The largest absolute Gasteiger partial charge is 0.412 e. The summed E-state index contributed by atoms with van der Waals surface area (Å²) in [5.74, 6) is -0.0601. The molecule has 1 aromatic carbocycles. The van der Waals surface area contributed by atoms with E-state index in [0.717, 1.165) is 16.8 Å². The summed E-state index contributed by atoms with van der Waals surface area (Å²) in [5, 5.41) is 2.73. The smallest absolute Gasteiger partial charge is 0.221 e. The lowest BCUT2D eigenvalue weighted by molar-refractivity contribution is -0.114. The lowest BCUT2D eigenvalue weighted by atomic mass is 10.1. The Hall–Kier alpha value is -2.46. The van der Waals surface area contributed by atoms with Gasteiger partial charge in [0, 0.05) is 25.0 Å². The van der Waals surface area contributed by atoms with Crippen molar-refractivity contribution in [2.75, 3.05) is 5.32 Å². The number of carbonyl (C=O) groups excluding carboxylic acids is 1. The van der Waals surface area contributed by atoms with Gasteiger partial charge in [-0.05, 0) is 35.4 Å². The monoisotopic (exact) mass is 256 g/mol. The summed E-state index contributed by atoms with van der Waals surface area (Å²) in [6, 6.07) is 11.6. The minimum Gasteiger partial charge on any atom is -0.412 e. The number of benzene rings is 1. The summed E-state index contributed by atoms with van der Waals surface area (Å²) in [7, 11) is 0. The van der Waals surface area contributed by atoms with Gasteiger partial charge in [-0.15, -0.1) is 0 Å². The topological polar surface area (TPSA) is 73.5 Å². The molecule has 2 aromatic rings. The van der Waals surface area contributed by atoms with Gasteiger partial charge in [0.2, 0.25) is 5.91 Å². The minimum absolute atomic E-state index is 0. The molecule has 0 radical (unpaired) electrons. The summed E-state index contributed by atoms with van der Waals surface area (Å²) in [5.41, 5.74) is 3.00. The quantitative estimate of drug-likeness (QED) is 0.915. The van der Waals surface area contributed by atoms with Gasteiger partial charge in [0.05, 0.1) is 0 Å². The fourth-order valence-corrected chi connectivity index (χ4v) is 1.55. The van der Waals surface area contributed by atoms with E-state index in [4.69, 9.17) is 0 Å². The van der Waals surface area contributed by atoms with Crippen LogP contribution in [0.5, 0.6) is 0 Å². The van der Waals surface area contributed by atoms with Gasteiger partial charge >= 0.3 is 0 Å². The Morgan fingerprint density at radius 2 is 1.53 bits per heavy atom. The first-order chi connectivity index (χ1) is 8.74. The number of anilines is 1. The molecule has 3 N–H and O–H groups in total. The summed E-state index contributed by atoms with van der Waals surface area (Å²) in [6.07, 6.45) is 7.57. The molecule has 0 aliphatic carbocycles. The number of nitrogens with zero attached hydrogens (tertiary/aromatic N) is 1. The fourth-order valence-electron chi connectivity index (χ4n) is 1.55. The molecule has 0 aliphatic heterocycles. The number of rotatable bonds is 3. The maximum absolute atomic E-state index is 10.9. The molecular weight excluding hydrogens is 240 g/mol. The molecule has 0 bridgehead atoms. The molecule has 2 rings (SSSR count). The van der Waals surface area contributed by atoms with Crippen LogP contribution in [0.15, 0.2) is 48.8 Å². The number of hydrogen-bond acceptors (Lipinski definition) is 2. The van der Waals surface area contributed by atoms with E-state index in [1.165, 1.54) is 6.92 Å². The van der Waals surface area contributed by atoms with E-state index in [1.54, 1.807) is 12.4 Å². The van der Waals surface area contributed by atoms with E-state index >= 15 is 0 Å². The van der Waals surface area contributed by atoms with Crippen LogP contribution in [-0.4, -0.2) is 16.4 Å². The van der Waals surface area contributed by atoms with Crippen LogP contribution >= 0.6 is 0 Å². The van der Waals surface area contributed by atoms with Gasteiger partial charge in [0.25, 0.3) is 0 Å². The van der Waals surface area contributed by atoms with E-state index in [-0.39, 0.29) is 11.4 Å². The summed E-state index contributed by atoms with van der Waals surface area (Å²) in [6.45, 7) is 1.50. The van der Waals surface area contributed by atoms with E-state index in [0.29, 0.717) is 0 Å². The van der Waals surface area contributed by atoms with Crippen molar-refractivity contribution in [1.82, 2.24) is 4.98 Å². The first kappa shape index (κ1) is 14.6. The number of aromatic nitrogens is 1. The third-order valence-corrected chi connectivity index (χ3v) is 2.41. The summed E-state index contributed by atoms with van der Waals surface area (Å²) in [4.78, 5) is 14.8. The molecule has 0 saturated carbocycles. The Balaban J connectivity index is 0.00000180. The number of nitrogens with one attached hydrogen (secondary N) is 1. The van der Waals surface area contributed by atoms with Crippen molar-refractivity contribution in [3.63, 3.8) is 0 Å². The Morgan fingerprint density at radius 3 is 2.05 bits per heavy atom. The van der Waals surface area contributed by atoms with Crippen LogP contribution in [0.25, 0.3) is 12.2 Å². The predicted octanol–water partition coefficient (Wildman–Crippen LogP) is 2.39. The van der Waals surface area contributed by atoms with Crippen LogP contribution < -0.4 is 5.32 Å². The number of amides is 1. The van der Waals surface area contributed by atoms with Gasteiger partial charge in [-0.1, -0.05) is 24.3 Å². The van der Waals surface area contributed by atoms with Crippen LogP contribution in [0.2, 0.25) is 0 Å². The molecule has 0 fully saturated rings. The first-order valence-corrected chi connectivity index (χ1v) is 5.70. The number of pyridine rings is 1. The van der Waals surface area contributed by atoms with Crippen molar-refractivity contribution in [1.29, 1.82) is 0 Å². The molecule has 1 amide bonds. The van der Waals surface area contributed by atoms with E-state index in [2.05, 4.69) is 10.3 Å². The normalized spacial score (nSPS) is 9.95. The Labute approximate surface area is 112 Å². The zero-order valence-electron chi connectivity index (χ0n) is 10.6. The van der Waals surface area contributed by atoms with Crippen molar-refractivity contribution in [3.8, 4) is 0 Å². The molecule has 0 unspecified atom stereocenters. The number of carbonyl (C=O) groups is 1. The molecular formula is C15H16N2O2. The van der Waals surface area contributed by atoms with Crippen LogP contribution in [0.3, 0.4) is 0 Å². The van der Waals surface area contributed by atoms with E-state index in [1.807, 2.05) is 48.6 Å². The van der Waals surface area contributed by atoms with Crippen LogP contribution in [-0.2, 0) is 4.79 Å².